The number of nitrogens with zero attached hydrogens (tertiary/aromatic N) is 2. The van der Waals surface area contributed by atoms with E-state index in [4.69, 9.17) is 4.98 Å². The molecule has 3 N–H and O–H groups in total. The predicted molar refractivity (Wildman–Crippen MR) is 81.2 cm³/mol. The first-order valence-electron chi connectivity index (χ1n) is 7.43. The van der Waals surface area contributed by atoms with Crippen LogP contribution in [0.1, 0.15) is 37.4 Å². The van der Waals surface area contributed by atoms with Crippen LogP contribution in [0, 0.1) is 0 Å². The van der Waals surface area contributed by atoms with Crippen LogP contribution in [0.15, 0.2) is 23.2 Å². The maximum Gasteiger partial charge on any atom is 0.195 e. The highest BCUT2D eigenvalue weighted by molar-refractivity contribution is 5.96. The normalized spacial score (nSPS) is 19.3. The van der Waals surface area contributed by atoms with Crippen molar-refractivity contribution in [2.75, 3.05) is 18.4 Å². The molecule has 20 heavy (non-hydrogen) atoms. The zero-order valence-corrected chi connectivity index (χ0v) is 11.4. The van der Waals surface area contributed by atoms with Gasteiger partial charge in [-0.05, 0) is 31.0 Å². The number of H-pyrrole nitrogens is 1. The molecule has 104 valence electrons. The van der Waals surface area contributed by atoms with Gasteiger partial charge in [-0.25, -0.2) is 4.98 Å². The first kappa shape index (κ1) is 11.8. The number of hydrogen-bond acceptors (Lipinski definition) is 4. The van der Waals surface area contributed by atoms with Crippen LogP contribution < -0.4 is 10.6 Å². The number of hydrogen-bond donors (Lipinski definition) is 3. The van der Waals surface area contributed by atoms with Gasteiger partial charge in [-0.2, -0.15) is 0 Å². The van der Waals surface area contributed by atoms with Gasteiger partial charge in [0.2, 0.25) is 0 Å². The summed E-state index contributed by atoms with van der Waals surface area (Å²) in [6.07, 6.45) is 5.21. The van der Waals surface area contributed by atoms with Crippen molar-refractivity contribution in [1.29, 1.82) is 0 Å². The Balaban J connectivity index is 1.61. The van der Waals surface area contributed by atoms with Gasteiger partial charge in [-0.1, -0.05) is 12.8 Å². The largest absolute Gasteiger partial charge is 0.354 e. The van der Waals surface area contributed by atoms with Crippen molar-refractivity contribution in [2.24, 2.45) is 4.99 Å². The number of anilines is 1. The first-order valence-corrected chi connectivity index (χ1v) is 7.43. The predicted octanol–water partition coefficient (Wildman–Crippen LogP) is 2.59. The van der Waals surface area contributed by atoms with E-state index in [1.807, 2.05) is 0 Å². The lowest BCUT2D eigenvalue weighted by atomic mass is 10.1. The molecular weight excluding hydrogens is 250 g/mol. The summed E-state index contributed by atoms with van der Waals surface area (Å²) in [6, 6.07) is 6.26. The summed E-state index contributed by atoms with van der Waals surface area (Å²) < 4.78 is 0. The highest BCUT2D eigenvalue weighted by Crippen LogP contribution is 2.33. The van der Waals surface area contributed by atoms with Crippen molar-refractivity contribution in [3.05, 3.63) is 24.0 Å². The van der Waals surface area contributed by atoms with Gasteiger partial charge in [0.25, 0.3) is 0 Å². The molecule has 1 saturated carbocycles. The topological polar surface area (TPSA) is 65.1 Å². The SMILES string of the molecule is c1cc2[nH]c(C3CCCC3)nc2cc1NC1=NCCN1. The first-order chi connectivity index (χ1) is 9.88. The van der Waals surface area contributed by atoms with Crippen molar-refractivity contribution in [2.45, 2.75) is 31.6 Å². The second-order valence-electron chi connectivity index (χ2n) is 5.62. The lowest BCUT2D eigenvalue weighted by Gasteiger charge is -2.05. The number of rotatable bonds is 2. The van der Waals surface area contributed by atoms with Crippen LogP contribution in [-0.2, 0) is 0 Å². The molecule has 1 aromatic heterocycles. The third-order valence-corrected chi connectivity index (χ3v) is 4.18. The molecule has 1 aliphatic heterocycles. The zero-order chi connectivity index (χ0) is 13.4. The molecule has 0 unspecified atom stereocenters. The maximum atomic E-state index is 4.77. The van der Waals surface area contributed by atoms with Crippen LogP contribution in [0.5, 0.6) is 0 Å². The molecule has 0 bridgehead atoms. The molecule has 2 aromatic rings. The van der Waals surface area contributed by atoms with Gasteiger partial charge in [0, 0.05) is 18.2 Å². The number of guanidine groups is 1. The Hall–Kier alpha value is -2.04. The summed E-state index contributed by atoms with van der Waals surface area (Å²) in [6.45, 7) is 1.76. The van der Waals surface area contributed by atoms with Crippen molar-refractivity contribution in [3.8, 4) is 0 Å². The molecule has 1 aromatic carbocycles. The van der Waals surface area contributed by atoms with Gasteiger partial charge in [0.05, 0.1) is 17.6 Å². The Morgan fingerprint density at radius 2 is 2.10 bits per heavy atom. The molecule has 0 radical (unpaired) electrons. The highest BCUT2D eigenvalue weighted by atomic mass is 15.2. The van der Waals surface area contributed by atoms with Gasteiger partial charge in [0.1, 0.15) is 5.82 Å². The lowest BCUT2D eigenvalue weighted by molar-refractivity contribution is 0.681. The summed E-state index contributed by atoms with van der Waals surface area (Å²) in [5.74, 6) is 2.64. The molecule has 2 aliphatic rings. The standard InChI is InChI=1S/C15H19N5/c1-2-4-10(3-1)14-19-12-6-5-11(9-13(12)20-14)18-15-16-7-8-17-15/h5-6,9-10H,1-4,7-8H2,(H,19,20)(H2,16,17,18). The second kappa shape index (κ2) is 4.81. The third-order valence-electron chi connectivity index (χ3n) is 4.18. The molecule has 5 heteroatoms. The number of aromatic nitrogens is 2. The van der Waals surface area contributed by atoms with Gasteiger partial charge >= 0.3 is 0 Å². The van der Waals surface area contributed by atoms with Crippen LogP contribution in [0.4, 0.5) is 5.69 Å². The highest BCUT2D eigenvalue weighted by Gasteiger charge is 2.20. The third kappa shape index (κ3) is 2.13. The molecule has 0 amide bonds. The fraction of sp³-hybridized carbons (Fsp3) is 0.467. The maximum absolute atomic E-state index is 4.77. The van der Waals surface area contributed by atoms with E-state index in [0.29, 0.717) is 5.92 Å². The second-order valence-corrected chi connectivity index (χ2v) is 5.62. The van der Waals surface area contributed by atoms with Crippen LogP contribution in [0.2, 0.25) is 0 Å². The van der Waals surface area contributed by atoms with Gasteiger partial charge in [-0.15, -0.1) is 0 Å². The Kier molecular flexibility index (Phi) is 2.83. The minimum absolute atomic E-state index is 0.625. The molecule has 0 atom stereocenters. The van der Waals surface area contributed by atoms with E-state index in [-0.39, 0.29) is 0 Å². The molecule has 2 heterocycles. The van der Waals surface area contributed by atoms with Crippen molar-refractivity contribution < 1.29 is 0 Å². The van der Waals surface area contributed by atoms with Crippen molar-refractivity contribution in [3.63, 3.8) is 0 Å². The number of imidazole rings is 1. The number of nitrogens with one attached hydrogen (secondary N) is 3. The van der Waals surface area contributed by atoms with E-state index in [2.05, 4.69) is 38.8 Å². The number of benzene rings is 1. The number of aromatic amines is 1. The van der Waals surface area contributed by atoms with Gasteiger partial charge in [-0.3, -0.25) is 4.99 Å². The monoisotopic (exact) mass is 269 g/mol. The number of fused-ring (bicyclic) bond motifs is 1. The smallest absolute Gasteiger partial charge is 0.195 e. The summed E-state index contributed by atoms with van der Waals surface area (Å²) in [5.41, 5.74) is 3.20. The van der Waals surface area contributed by atoms with Crippen LogP contribution in [0.3, 0.4) is 0 Å². The molecule has 5 nitrogen and oxygen atoms in total. The fourth-order valence-corrected chi connectivity index (χ4v) is 3.11. The lowest BCUT2D eigenvalue weighted by Crippen LogP contribution is -2.26. The minimum atomic E-state index is 0.625. The van der Waals surface area contributed by atoms with Gasteiger partial charge in [0.15, 0.2) is 5.96 Å². The van der Waals surface area contributed by atoms with E-state index in [1.165, 1.54) is 25.7 Å². The molecule has 0 spiro atoms. The zero-order valence-electron chi connectivity index (χ0n) is 11.4. The van der Waals surface area contributed by atoms with E-state index in [9.17, 15) is 0 Å². The Morgan fingerprint density at radius 1 is 1.20 bits per heavy atom. The van der Waals surface area contributed by atoms with E-state index < -0.39 is 0 Å². The summed E-state index contributed by atoms with van der Waals surface area (Å²) in [7, 11) is 0. The fourth-order valence-electron chi connectivity index (χ4n) is 3.11. The molecule has 1 fully saturated rings. The average Bonchev–Trinajstić information content (AvgIpc) is 3.19. The van der Waals surface area contributed by atoms with Crippen molar-refractivity contribution >= 4 is 22.7 Å². The van der Waals surface area contributed by atoms with Crippen molar-refractivity contribution in [1.82, 2.24) is 15.3 Å². The van der Waals surface area contributed by atoms with Gasteiger partial charge < -0.3 is 15.6 Å². The summed E-state index contributed by atoms with van der Waals surface area (Å²) >= 11 is 0. The van der Waals surface area contributed by atoms with Crippen LogP contribution in [0.25, 0.3) is 11.0 Å². The Labute approximate surface area is 117 Å². The Morgan fingerprint density at radius 3 is 2.90 bits per heavy atom. The number of aliphatic imine (C=N–C) groups is 1. The van der Waals surface area contributed by atoms with E-state index in [0.717, 1.165) is 41.6 Å². The molecular formula is C15H19N5. The summed E-state index contributed by atoms with van der Waals surface area (Å²) in [4.78, 5) is 12.6. The average molecular weight is 269 g/mol. The molecule has 1 aliphatic carbocycles. The van der Waals surface area contributed by atoms with E-state index >= 15 is 0 Å². The summed E-state index contributed by atoms with van der Waals surface area (Å²) in [5, 5.41) is 6.51. The molecule has 0 saturated heterocycles. The molecule has 4 rings (SSSR count). The minimum Gasteiger partial charge on any atom is -0.354 e. The quantitative estimate of drug-likeness (QED) is 0.785. The van der Waals surface area contributed by atoms with E-state index in [1.54, 1.807) is 0 Å². The van der Waals surface area contributed by atoms with Crippen LogP contribution >= 0.6 is 0 Å². The Bertz CT molecular complexity index is 651. The van der Waals surface area contributed by atoms with Crippen LogP contribution in [-0.4, -0.2) is 29.0 Å².